The van der Waals surface area contributed by atoms with Crippen LogP contribution in [0.5, 0.6) is 6.01 Å². The Morgan fingerprint density at radius 3 is 2.88 bits per heavy atom. The quantitative estimate of drug-likeness (QED) is 0.782. The standard InChI is InChI=1S/C17H18N4O3/c1-3-7-15(12-23-16-19-13(2)10-18-21-16)20-17(22)24-11-14-8-5-4-6-9-14/h1,4-6,8-10,15H,7,11-12H2,2H3,(H,20,22). The van der Waals surface area contributed by atoms with Crippen molar-refractivity contribution in [2.75, 3.05) is 6.61 Å². The van der Waals surface area contributed by atoms with E-state index in [0.29, 0.717) is 12.1 Å². The van der Waals surface area contributed by atoms with Gasteiger partial charge in [-0.15, -0.1) is 12.3 Å². The molecule has 1 amide bonds. The minimum absolute atomic E-state index is 0.121. The fourth-order valence-electron chi connectivity index (χ4n) is 1.83. The monoisotopic (exact) mass is 326 g/mol. The molecule has 1 aromatic heterocycles. The summed E-state index contributed by atoms with van der Waals surface area (Å²) in [7, 11) is 0. The van der Waals surface area contributed by atoms with Crippen LogP contribution in [0.25, 0.3) is 0 Å². The Hall–Kier alpha value is -3.14. The Morgan fingerprint density at radius 1 is 1.38 bits per heavy atom. The largest absolute Gasteiger partial charge is 0.460 e. The second-order valence-corrected chi connectivity index (χ2v) is 5.00. The molecular weight excluding hydrogens is 308 g/mol. The average Bonchev–Trinajstić information content (AvgIpc) is 2.59. The SMILES string of the molecule is C#CCC(COc1nncc(C)n1)NC(=O)OCc1ccccc1. The van der Waals surface area contributed by atoms with Gasteiger partial charge >= 0.3 is 12.1 Å². The van der Waals surface area contributed by atoms with Gasteiger partial charge in [0.05, 0.1) is 17.9 Å². The number of carbonyl (C=O) groups excluding carboxylic acids is 1. The van der Waals surface area contributed by atoms with E-state index in [-0.39, 0.29) is 19.2 Å². The summed E-state index contributed by atoms with van der Waals surface area (Å²) in [6, 6.07) is 9.11. The van der Waals surface area contributed by atoms with E-state index in [9.17, 15) is 4.79 Å². The second-order valence-electron chi connectivity index (χ2n) is 5.00. The molecule has 124 valence electrons. The van der Waals surface area contributed by atoms with Gasteiger partial charge in [0.25, 0.3) is 0 Å². The second kappa shape index (κ2) is 9.10. The fourth-order valence-corrected chi connectivity index (χ4v) is 1.83. The van der Waals surface area contributed by atoms with Crippen LogP contribution in [0.3, 0.4) is 0 Å². The van der Waals surface area contributed by atoms with Crippen molar-refractivity contribution in [2.24, 2.45) is 0 Å². The summed E-state index contributed by atoms with van der Waals surface area (Å²) < 4.78 is 10.6. The molecule has 0 aliphatic rings. The molecule has 1 N–H and O–H groups in total. The highest BCUT2D eigenvalue weighted by molar-refractivity contribution is 5.67. The van der Waals surface area contributed by atoms with Gasteiger partial charge in [0, 0.05) is 6.42 Å². The van der Waals surface area contributed by atoms with E-state index in [0.717, 1.165) is 5.56 Å². The minimum atomic E-state index is -0.564. The summed E-state index contributed by atoms with van der Waals surface area (Å²) in [5, 5.41) is 10.2. The van der Waals surface area contributed by atoms with E-state index in [1.807, 2.05) is 30.3 Å². The van der Waals surface area contributed by atoms with Crippen molar-refractivity contribution in [2.45, 2.75) is 26.0 Å². The molecule has 1 unspecified atom stereocenters. The number of nitrogens with zero attached hydrogens (tertiary/aromatic N) is 3. The molecule has 24 heavy (non-hydrogen) atoms. The van der Waals surface area contributed by atoms with Crippen LogP contribution in [0, 0.1) is 19.3 Å². The highest BCUT2D eigenvalue weighted by atomic mass is 16.5. The number of aryl methyl sites for hydroxylation is 1. The van der Waals surface area contributed by atoms with Crippen molar-refractivity contribution in [1.82, 2.24) is 20.5 Å². The Kier molecular flexibility index (Phi) is 6.53. The number of nitrogens with one attached hydrogen (secondary N) is 1. The van der Waals surface area contributed by atoms with Crippen LogP contribution < -0.4 is 10.1 Å². The lowest BCUT2D eigenvalue weighted by atomic mass is 10.2. The van der Waals surface area contributed by atoms with Gasteiger partial charge in [-0.3, -0.25) is 0 Å². The van der Waals surface area contributed by atoms with Gasteiger partial charge in [-0.05, 0) is 12.5 Å². The predicted molar refractivity (Wildman–Crippen MR) is 87.1 cm³/mol. The molecule has 0 bridgehead atoms. The van der Waals surface area contributed by atoms with E-state index < -0.39 is 12.1 Å². The van der Waals surface area contributed by atoms with Gasteiger partial charge in [-0.2, -0.15) is 10.1 Å². The Balaban J connectivity index is 1.81. The first kappa shape index (κ1) is 17.2. The predicted octanol–water partition coefficient (Wildman–Crippen LogP) is 1.88. The zero-order valence-electron chi connectivity index (χ0n) is 13.3. The number of aromatic nitrogens is 3. The van der Waals surface area contributed by atoms with Crippen LogP contribution in [0.15, 0.2) is 36.5 Å². The molecule has 2 rings (SSSR count). The van der Waals surface area contributed by atoms with E-state index in [1.165, 1.54) is 6.20 Å². The van der Waals surface area contributed by atoms with Gasteiger partial charge < -0.3 is 14.8 Å². The van der Waals surface area contributed by atoms with Crippen molar-refractivity contribution in [1.29, 1.82) is 0 Å². The summed E-state index contributed by atoms with van der Waals surface area (Å²) >= 11 is 0. The zero-order valence-corrected chi connectivity index (χ0v) is 13.3. The molecule has 0 radical (unpaired) electrons. The van der Waals surface area contributed by atoms with Gasteiger partial charge in [0.15, 0.2) is 0 Å². The van der Waals surface area contributed by atoms with Crippen LogP contribution in [0.4, 0.5) is 4.79 Å². The minimum Gasteiger partial charge on any atom is -0.460 e. The van der Waals surface area contributed by atoms with Crippen LogP contribution in [0.2, 0.25) is 0 Å². The highest BCUT2D eigenvalue weighted by Crippen LogP contribution is 2.03. The van der Waals surface area contributed by atoms with Crippen molar-refractivity contribution in [3.63, 3.8) is 0 Å². The Morgan fingerprint density at radius 2 is 2.17 bits per heavy atom. The topological polar surface area (TPSA) is 86.2 Å². The molecule has 0 saturated carbocycles. The molecule has 1 aromatic carbocycles. The number of hydrogen-bond acceptors (Lipinski definition) is 6. The summed E-state index contributed by atoms with van der Waals surface area (Å²) in [4.78, 5) is 15.9. The number of carbonyl (C=O) groups is 1. The number of rotatable bonds is 7. The molecule has 1 heterocycles. The molecule has 2 aromatic rings. The van der Waals surface area contributed by atoms with Gasteiger partial charge in [-0.25, -0.2) is 4.79 Å². The molecule has 0 spiro atoms. The maximum atomic E-state index is 11.9. The highest BCUT2D eigenvalue weighted by Gasteiger charge is 2.14. The third-order valence-electron chi connectivity index (χ3n) is 2.97. The number of hydrogen-bond donors (Lipinski definition) is 1. The Bertz CT molecular complexity index is 700. The molecule has 7 heteroatoms. The molecule has 0 fully saturated rings. The molecule has 0 aliphatic carbocycles. The normalized spacial score (nSPS) is 11.2. The number of terminal acetylenes is 1. The first-order chi connectivity index (χ1) is 11.7. The Labute approximate surface area is 140 Å². The van der Waals surface area contributed by atoms with Crippen molar-refractivity contribution >= 4 is 6.09 Å². The molecule has 0 saturated heterocycles. The lowest BCUT2D eigenvalue weighted by Gasteiger charge is -2.16. The van der Waals surface area contributed by atoms with E-state index in [2.05, 4.69) is 26.4 Å². The molecule has 7 nitrogen and oxygen atoms in total. The number of benzene rings is 1. The average molecular weight is 326 g/mol. The number of amides is 1. The lowest BCUT2D eigenvalue weighted by Crippen LogP contribution is -2.39. The number of ether oxygens (including phenoxy) is 2. The van der Waals surface area contributed by atoms with Crippen molar-refractivity contribution in [3.05, 3.63) is 47.8 Å². The summed E-state index contributed by atoms with van der Waals surface area (Å²) in [5.41, 5.74) is 1.58. The third kappa shape index (κ3) is 5.93. The van der Waals surface area contributed by atoms with Gasteiger partial charge in [0.2, 0.25) is 0 Å². The first-order valence-electron chi connectivity index (χ1n) is 7.37. The van der Waals surface area contributed by atoms with Crippen molar-refractivity contribution < 1.29 is 14.3 Å². The van der Waals surface area contributed by atoms with E-state index in [1.54, 1.807) is 6.92 Å². The van der Waals surface area contributed by atoms with Crippen LogP contribution >= 0.6 is 0 Å². The lowest BCUT2D eigenvalue weighted by molar-refractivity contribution is 0.130. The maximum Gasteiger partial charge on any atom is 0.407 e. The van der Waals surface area contributed by atoms with Crippen LogP contribution in [-0.2, 0) is 11.3 Å². The maximum absolute atomic E-state index is 11.9. The van der Waals surface area contributed by atoms with Crippen LogP contribution in [0.1, 0.15) is 17.7 Å². The van der Waals surface area contributed by atoms with Crippen molar-refractivity contribution in [3.8, 4) is 18.4 Å². The molecule has 0 aliphatic heterocycles. The molecular formula is C17H18N4O3. The smallest absolute Gasteiger partial charge is 0.407 e. The molecule has 1 atom stereocenters. The van der Waals surface area contributed by atoms with E-state index >= 15 is 0 Å². The van der Waals surface area contributed by atoms with Gasteiger partial charge in [0.1, 0.15) is 13.2 Å². The summed E-state index contributed by atoms with van der Waals surface area (Å²) in [6.07, 6.45) is 6.57. The summed E-state index contributed by atoms with van der Waals surface area (Å²) in [5.74, 6) is 2.49. The zero-order chi connectivity index (χ0) is 17.2. The third-order valence-corrected chi connectivity index (χ3v) is 2.97. The van der Waals surface area contributed by atoms with Gasteiger partial charge in [-0.1, -0.05) is 35.4 Å². The fraction of sp³-hybridized carbons (Fsp3) is 0.294. The number of alkyl carbamates (subject to hydrolysis) is 1. The summed E-state index contributed by atoms with van der Waals surface area (Å²) in [6.45, 7) is 2.08. The van der Waals surface area contributed by atoms with Crippen LogP contribution in [-0.4, -0.2) is 33.9 Å². The first-order valence-corrected chi connectivity index (χ1v) is 7.37. The van der Waals surface area contributed by atoms with E-state index in [4.69, 9.17) is 15.9 Å².